The van der Waals surface area contributed by atoms with Crippen molar-refractivity contribution < 1.29 is 8.42 Å². The highest BCUT2D eigenvalue weighted by Crippen LogP contribution is 2.26. The summed E-state index contributed by atoms with van der Waals surface area (Å²) < 4.78 is 27.9. The number of hydrogen-bond acceptors (Lipinski definition) is 2. The lowest BCUT2D eigenvalue weighted by molar-refractivity contribution is 0.600. The quantitative estimate of drug-likeness (QED) is 0.922. The second-order valence-electron chi connectivity index (χ2n) is 4.35. The van der Waals surface area contributed by atoms with Crippen LogP contribution in [0.2, 0.25) is 0 Å². The van der Waals surface area contributed by atoms with Crippen molar-refractivity contribution in [1.82, 2.24) is 0 Å². The molecule has 2 rings (SSSR count). The molecule has 3 nitrogen and oxygen atoms in total. The van der Waals surface area contributed by atoms with Gasteiger partial charge in [-0.2, -0.15) is 0 Å². The summed E-state index contributed by atoms with van der Waals surface area (Å²) in [7, 11) is -3.58. The van der Waals surface area contributed by atoms with Gasteiger partial charge in [-0.05, 0) is 59.1 Å². The largest absolute Gasteiger partial charge is 0.279 e. The van der Waals surface area contributed by atoms with Crippen molar-refractivity contribution in [2.24, 2.45) is 0 Å². The molecule has 0 aliphatic heterocycles. The molecule has 0 unspecified atom stereocenters. The molecule has 0 bridgehead atoms. The molecule has 0 aromatic heterocycles. The Morgan fingerprint density at radius 2 is 1.74 bits per heavy atom. The summed E-state index contributed by atoms with van der Waals surface area (Å²) in [5.74, 6) is 0. The Kier molecular flexibility index (Phi) is 3.96. The summed E-state index contributed by atoms with van der Waals surface area (Å²) in [6, 6.07) is 12.4. The highest BCUT2D eigenvalue weighted by atomic mass is 79.9. The number of halogens is 1. The average Bonchev–Trinajstić information content (AvgIpc) is 2.31. The lowest BCUT2D eigenvalue weighted by atomic mass is 10.2. The highest BCUT2D eigenvalue weighted by molar-refractivity contribution is 9.10. The number of rotatable bonds is 3. The van der Waals surface area contributed by atoms with Gasteiger partial charge in [0.25, 0.3) is 10.0 Å². The molecule has 0 aliphatic rings. The molecule has 0 heterocycles. The van der Waals surface area contributed by atoms with Gasteiger partial charge in [0.15, 0.2) is 0 Å². The second kappa shape index (κ2) is 5.35. The Morgan fingerprint density at radius 1 is 1.05 bits per heavy atom. The highest BCUT2D eigenvalue weighted by Gasteiger charge is 2.18. The molecule has 0 saturated heterocycles. The minimum absolute atomic E-state index is 0.237. The SMILES string of the molecule is Cc1ccc(S(=O)(=O)Nc2ccccc2C)c(Br)c1. The van der Waals surface area contributed by atoms with E-state index in [1.165, 1.54) is 0 Å². The maximum Gasteiger partial charge on any atom is 0.263 e. The van der Waals surface area contributed by atoms with E-state index < -0.39 is 10.0 Å². The van der Waals surface area contributed by atoms with Crippen LogP contribution in [-0.4, -0.2) is 8.42 Å². The zero-order valence-electron chi connectivity index (χ0n) is 10.6. The van der Waals surface area contributed by atoms with E-state index in [1.807, 2.05) is 26.0 Å². The van der Waals surface area contributed by atoms with Crippen molar-refractivity contribution in [3.05, 3.63) is 58.1 Å². The van der Waals surface area contributed by atoms with Gasteiger partial charge in [-0.15, -0.1) is 0 Å². The predicted octanol–water partition coefficient (Wildman–Crippen LogP) is 3.87. The van der Waals surface area contributed by atoms with Crippen LogP contribution >= 0.6 is 15.9 Å². The van der Waals surface area contributed by atoms with Crippen LogP contribution in [0.5, 0.6) is 0 Å². The van der Waals surface area contributed by atoms with Crippen LogP contribution in [0, 0.1) is 13.8 Å². The Hall–Kier alpha value is -1.33. The van der Waals surface area contributed by atoms with Crippen molar-refractivity contribution in [3.63, 3.8) is 0 Å². The van der Waals surface area contributed by atoms with Crippen LogP contribution in [0.4, 0.5) is 5.69 Å². The molecule has 0 spiro atoms. The van der Waals surface area contributed by atoms with E-state index in [1.54, 1.807) is 30.3 Å². The van der Waals surface area contributed by atoms with Gasteiger partial charge < -0.3 is 0 Å². The smallest absolute Gasteiger partial charge is 0.263 e. The normalized spacial score (nSPS) is 11.3. The molecule has 0 atom stereocenters. The summed E-state index contributed by atoms with van der Waals surface area (Å²) in [5, 5.41) is 0. The van der Waals surface area contributed by atoms with Crippen LogP contribution < -0.4 is 4.72 Å². The Labute approximate surface area is 121 Å². The first-order valence-corrected chi connectivity index (χ1v) is 8.02. The first-order chi connectivity index (χ1) is 8.90. The van der Waals surface area contributed by atoms with E-state index in [9.17, 15) is 8.42 Å². The minimum Gasteiger partial charge on any atom is -0.279 e. The molecular weight excluding hydrogens is 326 g/mol. The fraction of sp³-hybridized carbons (Fsp3) is 0.143. The number of aryl methyl sites for hydroxylation is 2. The van der Waals surface area contributed by atoms with Gasteiger partial charge in [0, 0.05) is 4.47 Å². The molecule has 1 N–H and O–H groups in total. The van der Waals surface area contributed by atoms with Crippen LogP contribution in [0.1, 0.15) is 11.1 Å². The molecular formula is C14H14BrNO2S. The summed E-state index contributed by atoms with van der Waals surface area (Å²) in [6.07, 6.45) is 0. The summed E-state index contributed by atoms with van der Waals surface area (Å²) >= 11 is 3.30. The summed E-state index contributed by atoms with van der Waals surface area (Å²) in [4.78, 5) is 0.237. The van der Waals surface area contributed by atoms with E-state index in [2.05, 4.69) is 20.7 Å². The molecule has 2 aromatic rings. The summed E-state index contributed by atoms with van der Waals surface area (Å²) in [5.41, 5.74) is 2.48. The van der Waals surface area contributed by atoms with Crippen molar-refractivity contribution in [3.8, 4) is 0 Å². The van der Waals surface area contributed by atoms with Gasteiger partial charge in [-0.1, -0.05) is 24.3 Å². The zero-order valence-corrected chi connectivity index (χ0v) is 13.0. The van der Waals surface area contributed by atoms with E-state index in [0.29, 0.717) is 10.2 Å². The van der Waals surface area contributed by atoms with E-state index in [-0.39, 0.29) is 4.90 Å². The van der Waals surface area contributed by atoms with Gasteiger partial charge >= 0.3 is 0 Å². The van der Waals surface area contributed by atoms with Crippen LogP contribution in [0.3, 0.4) is 0 Å². The first-order valence-electron chi connectivity index (χ1n) is 5.75. The molecule has 2 aromatic carbocycles. The predicted molar refractivity (Wildman–Crippen MR) is 80.9 cm³/mol. The van der Waals surface area contributed by atoms with Crippen molar-refractivity contribution in [2.75, 3.05) is 4.72 Å². The van der Waals surface area contributed by atoms with Crippen molar-refractivity contribution in [2.45, 2.75) is 18.7 Å². The number of hydrogen-bond donors (Lipinski definition) is 1. The maximum atomic E-state index is 12.3. The van der Waals surface area contributed by atoms with Crippen molar-refractivity contribution in [1.29, 1.82) is 0 Å². The number of sulfonamides is 1. The zero-order chi connectivity index (χ0) is 14.0. The number of nitrogens with one attached hydrogen (secondary N) is 1. The average molecular weight is 340 g/mol. The van der Waals surface area contributed by atoms with Crippen LogP contribution in [0.15, 0.2) is 51.8 Å². The molecule has 0 saturated carbocycles. The standard InChI is InChI=1S/C14H14BrNO2S/c1-10-7-8-14(12(15)9-10)19(17,18)16-13-6-4-3-5-11(13)2/h3-9,16H,1-2H3. The lowest BCUT2D eigenvalue weighted by Gasteiger charge is -2.11. The second-order valence-corrected chi connectivity index (χ2v) is 6.86. The minimum atomic E-state index is -3.58. The Morgan fingerprint density at radius 3 is 2.37 bits per heavy atom. The van der Waals surface area contributed by atoms with E-state index in [0.717, 1.165) is 11.1 Å². The lowest BCUT2D eigenvalue weighted by Crippen LogP contribution is -2.14. The van der Waals surface area contributed by atoms with Gasteiger partial charge in [-0.25, -0.2) is 8.42 Å². The van der Waals surface area contributed by atoms with E-state index >= 15 is 0 Å². The van der Waals surface area contributed by atoms with Crippen LogP contribution in [0.25, 0.3) is 0 Å². The van der Waals surface area contributed by atoms with E-state index in [4.69, 9.17) is 0 Å². The molecule has 5 heteroatoms. The van der Waals surface area contributed by atoms with Gasteiger partial charge in [0.05, 0.1) is 5.69 Å². The van der Waals surface area contributed by atoms with Gasteiger partial charge in [0.2, 0.25) is 0 Å². The summed E-state index contributed by atoms with van der Waals surface area (Å²) in [6.45, 7) is 3.78. The molecule has 100 valence electrons. The molecule has 0 aliphatic carbocycles. The first kappa shape index (κ1) is 14.1. The van der Waals surface area contributed by atoms with Gasteiger partial charge in [0.1, 0.15) is 4.90 Å². The molecule has 0 fully saturated rings. The third-order valence-corrected chi connectivity index (χ3v) is 5.11. The fourth-order valence-electron chi connectivity index (χ4n) is 1.71. The molecule has 19 heavy (non-hydrogen) atoms. The fourth-order valence-corrected chi connectivity index (χ4v) is 4.03. The maximum absolute atomic E-state index is 12.3. The Balaban J connectivity index is 2.41. The molecule has 0 radical (unpaired) electrons. The number of para-hydroxylation sites is 1. The number of benzene rings is 2. The topological polar surface area (TPSA) is 46.2 Å². The molecule has 0 amide bonds. The third kappa shape index (κ3) is 3.16. The Bertz CT molecular complexity index is 711. The van der Waals surface area contributed by atoms with Crippen LogP contribution in [-0.2, 0) is 10.0 Å². The third-order valence-electron chi connectivity index (χ3n) is 2.77. The van der Waals surface area contributed by atoms with Gasteiger partial charge in [-0.3, -0.25) is 4.72 Å². The monoisotopic (exact) mass is 339 g/mol. The number of anilines is 1. The van der Waals surface area contributed by atoms with Crippen molar-refractivity contribution >= 4 is 31.6 Å².